The Morgan fingerprint density at radius 3 is 2.89 bits per heavy atom. The van der Waals surface area contributed by atoms with E-state index in [1.165, 1.54) is 31.4 Å². The molecule has 1 atom stereocenters. The quantitative estimate of drug-likeness (QED) is 0.801. The molecule has 0 radical (unpaired) electrons. The minimum Gasteiger partial charge on any atom is -0.312 e. The van der Waals surface area contributed by atoms with Crippen LogP contribution >= 0.6 is 0 Å². The van der Waals surface area contributed by atoms with Gasteiger partial charge in [0, 0.05) is 19.1 Å². The number of piperidine rings is 1. The molecule has 1 aliphatic heterocycles. The third kappa shape index (κ3) is 4.28. The largest absolute Gasteiger partial charge is 0.312 e. The van der Waals surface area contributed by atoms with Crippen LogP contribution in [0.15, 0.2) is 36.4 Å². The van der Waals surface area contributed by atoms with E-state index in [-0.39, 0.29) is 0 Å². The molecule has 2 rings (SSSR count). The molecule has 1 aromatic carbocycles. The molecular formula is C16H24N2. The molecule has 98 valence electrons. The van der Waals surface area contributed by atoms with Gasteiger partial charge in [-0.2, -0.15) is 0 Å². The number of hydrogen-bond donors (Lipinski definition) is 1. The molecule has 1 fully saturated rings. The van der Waals surface area contributed by atoms with Crippen LogP contribution in [0.25, 0.3) is 6.08 Å². The Morgan fingerprint density at radius 1 is 1.28 bits per heavy atom. The van der Waals surface area contributed by atoms with Crippen molar-refractivity contribution < 1.29 is 0 Å². The lowest BCUT2D eigenvalue weighted by molar-refractivity contribution is 0.183. The first-order valence-corrected chi connectivity index (χ1v) is 6.99. The highest BCUT2D eigenvalue weighted by Crippen LogP contribution is 2.13. The maximum atomic E-state index is 3.53. The van der Waals surface area contributed by atoms with Crippen molar-refractivity contribution in [2.45, 2.75) is 25.3 Å². The number of nitrogens with one attached hydrogen (secondary N) is 1. The van der Waals surface area contributed by atoms with Crippen molar-refractivity contribution in [2.24, 2.45) is 0 Å². The van der Waals surface area contributed by atoms with Gasteiger partial charge in [-0.05, 0) is 32.0 Å². The Hall–Kier alpha value is -1.12. The molecular weight excluding hydrogens is 220 g/mol. The molecule has 1 saturated heterocycles. The first-order valence-electron chi connectivity index (χ1n) is 6.99. The molecule has 0 aliphatic carbocycles. The zero-order chi connectivity index (χ0) is 12.6. The lowest BCUT2D eigenvalue weighted by Gasteiger charge is -2.32. The zero-order valence-electron chi connectivity index (χ0n) is 11.3. The van der Waals surface area contributed by atoms with E-state index in [4.69, 9.17) is 0 Å². The van der Waals surface area contributed by atoms with Crippen molar-refractivity contribution in [1.82, 2.24) is 10.2 Å². The topological polar surface area (TPSA) is 15.3 Å². The van der Waals surface area contributed by atoms with Gasteiger partial charge >= 0.3 is 0 Å². The molecule has 0 amide bonds. The summed E-state index contributed by atoms with van der Waals surface area (Å²) in [6.45, 7) is 3.32. The van der Waals surface area contributed by atoms with E-state index in [1.807, 2.05) is 0 Å². The number of benzene rings is 1. The standard InChI is InChI=1S/C16H24N2/c1-18-13-6-5-11-16(18)14-17-12-7-10-15-8-3-2-4-9-15/h2-4,7-10,16-17H,5-6,11-14H2,1H3. The van der Waals surface area contributed by atoms with Gasteiger partial charge in [-0.15, -0.1) is 0 Å². The van der Waals surface area contributed by atoms with E-state index in [1.54, 1.807) is 0 Å². The average Bonchev–Trinajstić information content (AvgIpc) is 2.42. The summed E-state index contributed by atoms with van der Waals surface area (Å²) < 4.78 is 0. The van der Waals surface area contributed by atoms with Crippen LogP contribution in [0.5, 0.6) is 0 Å². The van der Waals surface area contributed by atoms with Crippen molar-refractivity contribution in [1.29, 1.82) is 0 Å². The van der Waals surface area contributed by atoms with Crippen molar-refractivity contribution >= 4 is 6.08 Å². The van der Waals surface area contributed by atoms with Gasteiger partial charge in [0.15, 0.2) is 0 Å². The second-order valence-electron chi connectivity index (χ2n) is 5.10. The van der Waals surface area contributed by atoms with Crippen molar-refractivity contribution in [3.63, 3.8) is 0 Å². The van der Waals surface area contributed by atoms with Gasteiger partial charge in [-0.3, -0.25) is 0 Å². The summed E-state index contributed by atoms with van der Waals surface area (Å²) in [6, 6.07) is 11.2. The molecule has 2 nitrogen and oxygen atoms in total. The van der Waals surface area contributed by atoms with Crippen LogP contribution in [0, 0.1) is 0 Å². The molecule has 1 heterocycles. The Bertz CT molecular complexity index is 359. The Labute approximate surface area is 111 Å². The minimum atomic E-state index is 0.726. The highest BCUT2D eigenvalue weighted by Gasteiger charge is 2.17. The van der Waals surface area contributed by atoms with Crippen LogP contribution in [-0.2, 0) is 0 Å². The highest BCUT2D eigenvalue weighted by atomic mass is 15.2. The maximum Gasteiger partial charge on any atom is 0.0217 e. The van der Waals surface area contributed by atoms with Gasteiger partial charge in [0.1, 0.15) is 0 Å². The Morgan fingerprint density at radius 2 is 2.11 bits per heavy atom. The number of nitrogens with zero attached hydrogens (tertiary/aromatic N) is 1. The first-order chi connectivity index (χ1) is 8.86. The summed E-state index contributed by atoms with van der Waals surface area (Å²) in [5, 5.41) is 3.53. The summed E-state index contributed by atoms with van der Waals surface area (Å²) in [6.07, 6.45) is 8.47. The lowest BCUT2D eigenvalue weighted by atomic mass is 10.0. The molecule has 0 spiro atoms. The fraction of sp³-hybridized carbons (Fsp3) is 0.500. The molecule has 0 bridgehead atoms. The highest BCUT2D eigenvalue weighted by molar-refractivity contribution is 5.48. The lowest BCUT2D eigenvalue weighted by Crippen LogP contribution is -2.43. The Kier molecular flexibility index (Phi) is 5.43. The molecule has 1 unspecified atom stereocenters. The van der Waals surface area contributed by atoms with Gasteiger partial charge < -0.3 is 10.2 Å². The zero-order valence-corrected chi connectivity index (χ0v) is 11.3. The van der Waals surface area contributed by atoms with E-state index in [0.29, 0.717) is 0 Å². The summed E-state index contributed by atoms with van der Waals surface area (Å²) in [4.78, 5) is 2.48. The SMILES string of the molecule is CN1CCCCC1CNCC=Cc1ccccc1. The van der Waals surface area contributed by atoms with Gasteiger partial charge in [-0.25, -0.2) is 0 Å². The van der Waals surface area contributed by atoms with Gasteiger partial charge in [0.25, 0.3) is 0 Å². The van der Waals surface area contributed by atoms with Crippen molar-refractivity contribution in [3.05, 3.63) is 42.0 Å². The number of likely N-dealkylation sites (N-methyl/N-ethyl adjacent to an activating group) is 1. The monoisotopic (exact) mass is 244 g/mol. The van der Waals surface area contributed by atoms with Crippen LogP contribution in [-0.4, -0.2) is 37.6 Å². The van der Waals surface area contributed by atoms with Crippen LogP contribution in [0.2, 0.25) is 0 Å². The van der Waals surface area contributed by atoms with Gasteiger partial charge in [0.05, 0.1) is 0 Å². The number of hydrogen-bond acceptors (Lipinski definition) is 2. The fourth-order valence-electron chi connectivity index (χ4n) is 2.49. The second-order valence-corrected chi connectivity index (χ2v) is 5.10. The average molecular weight is 244 g/mol. The molecule has 0 aromatic heterocycles. The number of rotatable bonds is 5. The van der Waals surface area contributed by atoms with Gasteiger partial charge in [-0.1, -0.05) is 48.9 Å². The van der Waals surface area contributed by atoms with Crippen LogP contribution in [0.4, 0.5) is 0 Å². The predicted molar refractivity (Wildman–Crippen MR) is 78.6 cm³/mol. The number of likely N-dealkylation sites (tertiary alicyclic amines) is 1. The third-order valence-electron chi connectivity index (χ3n) is 3.67. The molecule has 0 saturated carbocycles. The van der Waals surface area contributed by atoms with Gasteiger partial charge in [0.2, 0.25) is 0 Å². The molecule has 1 aliphatic rings. The van der Waals surface area contributed by atoms with Crippen LogP contribution < -0.4 is 5.32 Å². The second kappa shape index (κ2) is 7.34. The van der Waals surface area contributed by atoms with E-state index in [0.717, 1.165) is 19.1 Å². The normalized spacial score (nSPS) is 21.5. The molecule has 18 heavy (non-hydrogen) atoms. The molecule has 2 heteroatoms. The smallest absolute Gasteiger partial charge is 0.0217 e. The van der Waals surface area contributed by atoms with E-state index < -0.39 is 0 Å². The van der Waals surface area contributed by atoms with E-state index >= 15 is 0 Å². The molecule has 1 aromatic rings. The van der Waals surface area contributed by atoms with Crippen molar-refractivity contribution in [3.8, 4) is 0 Å². The maximum absolute atomic E-state index is 3.53. The van der Waals surface area contributed by atoms with Crippen LogP contribution in [0.3, 0.4) is 0 Å². The first kappa shape index (κ1) is 13.3. The van der Waals surface area contributed by atoms with Crippen molar-refractivity contribution in [2.75, 3.05) is 26.7 Å². The summed E-state index contributed by atoms with van der Waals surface area (Å²) in [5.74, 6) is 0. The summed E-state index contributed by atoms with van der Waals surface area (Å²) in [5.41, 5.74) is 1.27. The van der Waals surface area contributed by atoms with E-state index in [9.17, 15) is 0 Å². The van der Waals surface area contributed by atoms with Crippen LogP contribution in [0.1, 0.15) is 24.8 Å². The third-order valence-corrected chi connectivity index (χ3v) is 3.67. The minimum absolute atomic E-state index is 0.726. The van der Waals surface area contributed by atoms with E-state index in [2.05, 4.69) is 59.7 Å². The summed E-state index contributed by atoms with van der Waals surface area (Å²) >= 11 is 0. The fourth-order valence-corrected chi connectivity index (χ4v) is 2.49. The summed E-state index contributed by atoms with van der Waals surface area (Å²) in [7, 11) is 2.24. The molecule has 1 N–H and O–H groups in total. The predicted octanol–water partition coefficient (Wildman–Crippen LogP) is 2.77. The Balaban J connectivity index is 1.65.